The lowest BCUT2D eigenvalue weighted by atomic mass is 9.95. The second-order valence-corrected chi connectivity index (χ2v) is 4.52. The highest BCUT2D eigenvalue weighted by Crippen LogP contribution is 2.18. The quantitative estimate of drug-likeness (QED) is 0.699. The Morgan fingerprint density at radius 3 is 2.44 bits per heavy atom. The highest BCUT2D eigenvalue weighted by atomic mass is 16.2. The molecule has 0 aromatic heterocycles. The first-order valence-corrected chi connectivity index (χ1v) is 5.79. The smallest absolute Gasteiger partial charge is 0.322 e. The molecule has 16 heavy (non-hydrogen) atoms. The molecule has 1 heterocycles. The summed E-state index contributed by atoms with van der Waals surface area (Å²) < 4.78 is 0. The SMILES string of the molecule is CCC(C)N(C)CC1(CC)NC(=O)NC1=O.[HH].[HH]. The van der Waals surface area contributed by atoms with E-state index in [4.69, 9.17) is 0 Å². The fourth-order valence-corrected chi connectivity index (χ4v) is 1.89. The normalized spacial score (nSPS) is 26.8. The summed E-state index contributed by atoms with van der Waals surface area (Å²) in [6, 6.07) is 0.0122. The van der Waals surface area contributed by atoms with Crippen molar-refractivity contribution in [2.24, 2.45) is 0 Å². The number of imide groups is 1. The molecular formula is C11H25N3O2. The number of likely N-dealkylation sites (N-methyl/N-ethyl adjacent to an activating group) is 1. The van der Waals surface area contributed by atoms with Gasteiger partial charge in [-0.25, -0.2) is 4.79 Å². The van der Waals surface area contributed by atoms with Gasteiger partial charge in [-0.1, -0.05) is 13.8 Å². The number of hydrogen-bond donors (Lipinski definition) is 2. The Balaban J connectivity index is 0. The number of carbonyl (C=O) groups is 2. The Labute approximate surface area is 99.5 Å². The first-order chi connectivity index (χ1) is 7.45. The minimum atomic E-state index is -0.755. The molecule has 2 N–H and O–H groups in total. The van der Waals surface area contributed by atoms with Crippen LogP contribution in [0.3, 0.4) is 0 Å². The highest BCUT2D eigenvalue weighted by molar-refractivity contribution is 6.07. The summed E-state index contributed by atoms with van der Waals surface area (Å²) in [6.07, 6.45) is 1.62. The molecule has 0 saturated carbocycles. The van der Waals surface area contributed by atoms with Crippen LogP contribution in [0.4, 0.5) is 4.79 Å². The first kappa shape index (κ1) is 13.0. The van der Waals surface area contributed by atoms with Crippen molar-refractivity contribution in [1.82, 2.24) is 15.5 Å². The Morgan fingerprint density at radius 1 is 1.44 bits per heavy atom. The molecule has 1 aliphatic heterocycles. The van der Waals surface area contributed by atoms with Crippen LogP contribution in [0.1, 0.15) is 36.5 Å². The van der Waals surface area contributed by atoms with Gasteiger partial charge < -0.3 is 10.2 Å². The Morgan fingerprint density at radius 2 is 2.06 bits per heavy atom. The average Bonchev–Trinajstić information content (AvgIpc) is 2.53. The van der Waals surface area contributed by atoms with Crippen molar-refractivity contribution in [2.75, 3.05) is 13.6 Å². The molecule has 1 fully saturated rings. The Kier molecular flexibility index (Phi) is 3.91. The average molecular weight is 231 g/mol. The van der Waals surface area contributed by atoms with E-state index in [0.717, 1.165) is 6.42 Å². The van der Waals surface area contributed by atoms with Gasteiger partial charge in [0.1, 0.15) is 5.54 Å². The van der Waals surface area contributed by atoms with Gasteiger partial charge in [0.15, 0.2) is 0 Å². The maximum absolute atomic E-state index is 11.8. The van der Waals surface area contributed by atoms with Crippen molar-refractivity contribution >= 4 is 11.9 Å². The first-order valence-electron chi connectivity index (χ1n) is 5.79. The maximum atomic E-state index is 11.8. The molecule has 2 atom stereocenters. The molecule has 5 nitrogen and oxygen atoms in total. The summed E-state index contributed by atoms with van der Waals surface area (Å²) in [4.78, 5) is 25.1. The topological polar surface area (TPSA) is 61.4 Å². The largest absolute Gasteiger partial charge is 0.322 e. The molecule has 1 rings (SSSR count). The van der Waals surface area contributed by atoms with Gasteiger partial charge in [0, 0.05) is 15.4 Å². The van der Waals surface area contributed by atoms with Crippen LogP contribution in [-0.2, 0) is 4.79 Å². The summed E-state index contributed by atoms with van der Waals surface area (Å²) in [7, 11) is 1.98. The number of carbonyl (C=O) groups excluding carboxylic acids is 2. The van der Waals surface area contributed by atoms with Crippen LogP contribution in [0.25, 0.3) is 0 Å². The molecule has 1 aliphatic rings. The number of rotatable bonds is 5. The third-order valence-corrected chi connectivity index (χ3v) is 3.48. The standard InChI is InChI=1S/C11H21N3O2.2H2/c1-5-8(3)14(4)7-11(6-2)9(15)12-10(16)13-11;;/h8H,5-7H2,1-4H3,(H2,12,13,15,16);2*1H. The van der Waals surface area contributed by atoms with E-state index in [9.17, 15) is 9.59 Å². The molecule has 2 unspecified atom stereocenters. The van der Waals surface area contributed by atoms with Gasteiger partial charge in [0.05, 0.1) is 0 Å². The molecule has 1 saturated heterocycles. The lowest BCUT2D eigenvalue weighted by Crippen LogP contribution is -2.55. The second-order valence-electron chi connectivity index (χ2n) is 4.52. The zero-order valence-corrected chi connectivity index (χ0v) is 10.5. The van der Waals surface area contributed by atoms with Gasteiger partial charge in [-0.05, 0) is 26.8 Å². The van der Waals surface area contributed by atoms with E-state index in [1.54, 1.807) is 0 Å². The maximum Gasteiger partial charge on any atom is 0.322 e. The molecule has 0 spiro atoms. The van der Waals surface area contributed by atoms with Crippen LogP contribution >= 0.6 is 0 Å². The van der Waals surface area contributed by atoms with Crippen molar-refractivity contribution in [3.63, 3.8) is 0 Å². The highest BCUT2D eigenvalue weighted by Gasteiger charge is 2.45. The van der Waals surface area contributed by atoms with Crippen molar-refractivity contribution in [1.29, 1.82) is 0 Å². The third-order valence-electron chi connectivity index (χ3n) is 3.48. The van der Waals surface area contributed by atoms with Crippen LogP contribution in [0, 0.1) is 0 Å². The van der Waals surface area contributed by atoms with Crippen LogP contribution in [-0.4, -0.2) is 42.0 Å². The molecule has 0 aromatic carbocycles. The monoisotopic (exact) mass is 231 g/mol. The van der Waals surface area contributed by atoms with E-state index < -0.39 is 5.54 Å². The van der Waals surface area contributed by atoms with Crippen molar-refractivity contribution in [2.45, 2.75) is 45.2 Å². The van der Waals surface area contributed by atoms with Gasteiger partial charge >= 0.3 is 6.03 Å². The predicted molar refractivity (Wildman–Crippen MR) is 66.3 cm³/mol. The van der Waals surface area contributed by atoms with Gasteiger partial charge in [-0.2, -0.15) is 0 Å². The van der Waals surface area contributed by atoms with Crippen LogP contribution < -0.4 is 10.6 Å². The van der Waals surface area contributed by atoms with Crippen LogP contribution in [0.2, 0.25) is 0 Å². The van der Waals surface area contributed by atoms with Gasteiger partial charge in [-0.3, -0.25) is 10.1 Å². The third kappa shape index (κ3) is 2.35. The molecule has 0 radical (unpaired) electrons. The van der Waals surface area contributed by atoms with Crippen LogP contribution in [0.15, 0.2) is 0 Å². The summed E-state index contributed by atoms with van der Waals surface area (Å²) in [5.41, 5.74) is -0.755. The van der Waals surface area contributed by atoms with E-state index in [2.05, 4.69) is 29.4 Å². The summed E-state index contributed by atoms with van der Waals surface area (Å²) in [5, 5.41) is 5.04. The molecule has 0 bridgehead atoms. The predicted octanol–water partition coefficient (Wildman–Crippen LogP) is 1.20. The molecule has 5 heteroatoms. The van der Waals surface area contributed by atoms with Crippen molar-refractivity contribution in [3.05, 3.63) is 0 Å². The zero-order valence-electron chi connectivity index (χ0n) is 10.5. The van der Waals surface area contributed by atoms with Crippen molar-refractivity contribution in [3.8, 4) is 0 Å². The van der Waals surface area contributed by atoms with Gasteiger partial charge in [0.2, 0.25) is 0 Å². The van der Waals surface area contributed by atoms with E-state index >= 15 is 0 Å². The second kappa shape index (κ2) is 4.82. The molecule has 3 amide bonds. The molecular weight excluding hydrogens is 206 g/mol. The molecule has 0 aliphatic carbocycles. The minimum Gasteiger partial charge on any atom is -0.322 e. The Hall–Kier alpha value is -1.10. The fraction of sp³-hybridized carbons (Fsp3) is 0.818. The lowest BCUT2D eigenvalue weighted by molar-refractivity contribution is -0.124. The number of nitrogens with one attached hydrogen (secondary N) is 2. The van der Waals surface area contributed by atoms with E-state index in [0.29, 0.717) is 19.0 Å². The summed E-state index contributed by atoms with van der Waals surface area (Å²) in [6.45, 7) is 6.68. The summed E-state index contributed by atoms with van der Waals surface area (Å²) >= 11 is 0. The van der Waals surface area contributed by atoms with E-state index in [1.165, 1.54) is 0 Å². The van der Waals surface area contributed by atoms with Gasteiger partial charge in [-0.15, -0.1) is 0 Å². The van der Waals surface area contributed by atoms with E-state index in [1.807, 2.05) is 14.0 Å². The van der Waals surface area contributed by atoms with E-state index in [-0.39, 0.29) is 14.8 Å². The Bertz CT molecular complexity index is 302. The zero-order chi connectivity index (χ0) is 12.3. The minimum absolute atomic E-state index is 0. The number of amides is 3. The lowest BCUT2D eigenvalue weighted by Gasteiger charge is -2.33. The number of urea groups is 1. The van der Waals surface area contributed by atoms with Crippen molar-refractivity contribution < 1.29 is 12.4 Å². The molecule has 0 aromatic rings. The fourth-order valence-electron chi connectivity index (χ4n) is 1.89. The summed E-state index contributed by atoms with van der Waals surface area (Å²) in [5.74, 6) is -0.213. The number of hydrogen-bond acceptors (Lipinski definition) is 3. The van der Waals surface area contributed by atoms with Gasteiger partial charge in [0.25, 0.3) is 5.91 Å². The van der Waals surface area contributed by atoms with Crippen LogP contribution in [0.5, 0.6) is 0 Å². The molecule has 96 valence electrons. The number of nitrogens with zero attached hydrogens (tertiary/aromatic N) is 1.